The summed E-state index contributed by atoms with van der Waals surface area (Å²) >= 11 is 0. The Labute approximate surface area is 178 Å². The predicted octanol–water partition coefficient (Wildman–Crippen LogP) is 3.65. The van der Waals surface area contributed by atoms with Gasteiger partial charge in [0.05, 0.1) is 0 Å². The van der Waals surface area contributed by atoms with Gasteiger partial charge >= 0.3 is 6.61 Å². The first-order valence-electron chi connectivity index (χ1n) is 9.27. The van der Waals surface area contributed by atoms with E-state index in [-0.39, 0.29) is 29.7 Å². The van der Waals surface area contributed by atoms with E-state index in [1.807, 2.05) is 14.0 Å². The van der Waals surface area contributed by atoms with Crippen LogP contribution in [0.3, 0.4) is 0 Å². The van der Waals surface area contributed by atoms with E-state index in [0.717, 1.165) is 44.2 Å². The zero-order chi connectivity index (χ0) is 18.9. The van der Waals surface area contributed by atoms with Gasteiger partial charge in [0.15, 0.2) is 5.96 Å². The molecule has 5 nitrogen and oxygen atoms in total. The van der Waals surface area contributed by atoms with E-state index in [4.69, 9.17) is 4.99 Å². The van der Waals surface area contributed by atoms with Gasteiger partial charge in [0.2, 0.25) is 0 Å². The average Bonchev–Trinajstić information content (AvgIpc) is 3.08. The summed E-state index contributed by atoms with van der Waals surface area (Å²) in [5.74, 6) is 1.66. The van der Waals surface area contributed by atoms with Crippen molar-refractivity contribution in [1.29, 1.82) is 0 Å². The summed E-state index contributed by atoms with van der Waals surface area (Å²) in [6.07, 6.45) is 1.20. The first-order valence-corrected chi connectivity index (χ1v) is 9.27. The molecule has 0 aromatic heterocycles. The Bertz CT molecular complexity index is 571. The smallest absolute Gasteiger partial charge is 0.387 e. The number of guanidine groups is 1. The van der Waals surface area contributed by atoms with E-state index in [0.29, 0.717) is 12.5 Å². The first-order chi connectivity index (χ1) is 12.5. The van der Waals surface area contributed by atoms with Crippen molar-refractivity contribution in [1.82, 2.24) is 15.1 Å². The number of benzene rings is 1. The van der Waals surface area contributed by atoms with Gasteiger partial charge in [-0.05, 0) is 50.0 Å². The standard InChI is InChI=1S/C19H30F2N4O.HI/c1-4-22-19(23-12-16-10-11-25(5-2)14-16)24(3)13-15-6-8-17(9-7-15)26-18(20)21;/h6-9,16,18H,4-5,10-14H2,1-3H3,(H,22,23);1H. The molecule has 1 fully saturated rings. The van der Waals surface area contributed by atoms with E-state index in [9.17, 15) is 8.78 Å². The Balaban J connectivity index is 0.00000364. The zero-order valence-electron chi connectivity index (χ0n) is 16.3. The fourth-order valence-electron chi connectivity index (χ4n) is 3.16. The van der Waals surface area contributed by atoms with Crippen molar-refractivity contribution in [2.45, 2.75) is 33.4 Å². The van der Waals surface area contributed by atoms with Gasteiger partial charge in [0.1, 0.15) is 5.75 Å². The molecule has 0 aliphatic carbocycles. The van der Waals surface area contributed by atoms with Crippen molar-refractivity contribution in [2.24, 2.45) is 10.9 Å². The summed E-state index contributed by atoms with van der Waals surface area (Å²) in [5.41, 5.74) is 1.01. The van der Waals surface area contributed by atoms with Crippen LogP contribution in [0.1, 0.15) is 25.8 Å². The summed E-state index contributed by atoms with van der Waals surface area (Å²) in [5, 5.41) is 3.33. The SMILES string of the molecule is CCNC(=NCC1CCN(CC)C1)N(C)Cc1ccc(OC(F)F)cc1.I. The van der Waals surface area contributed by atoms with Crippen LogP contribution in [-0.2, 0) is 6.54 Å². The number of nitrogens with one attached hydrogen (secondary N) is 1. The average molecular weight is 496 g/mol. The van der Waals surface area contributed by atoms with Gasteiger partial charge in [-0.15, -0.1) is 24.0 Å². The Morgan fingerprint density at radius 3 is 2.59 bits per heavy atom. The molecule has 0 radical (unpaired) electrons. The van der Waals surface area contributed by atoms with E-state index in [1.54, 1.807) is 24.3 Å². The highest BCUT2D eigenvalue weighted by Crippen LogP contribution is 2.17. The molecule has 1 atom stereocenters. The lowest BCUT2D eigenvalue weighted by Crippen LogP contribution is -2.39. The molecule has 0 spiro atoms. The second-order valence-electron chi connectivity index (χ2n) is 6.62. The van der Waals surface area contributed by atoms with Crippen LogP contribution in [0.2, 0.25) is 0 Å². The number of rotatable bonds is 8. The normalized spacial score (nSPS) is 17.7. The number of aliphatic imine (C=N–C) groups is 1. The summed E-state index contributed by atoms with van der Waals surface area (Å²) in [4.78, 5) is 9.31. The quantitative estimate of drug-likeness (QED) is 0.339. The van der Waals surface area contributed by atoms with Gasteiger partial charge in [-0.1, -0.05) is 19.1 Å². The maximum Gasteiger partial charge on any atom is 0.387 e. The minimum absolute atomic E-state index is 0. The number of likely N-dealkylation sites (tertiary alicyclic amines) is 1. The predicted molar refractivity (Wildman–Crippen MR) is 116 cm³/mol. The van der Waals surface area contributed by atoms with E-state index >= 15 is 0 Å². The number of nitrogens with zero attached hydrogens (tertiary/aromatic N) is 3. The minimum atomic E-state index is -2.80. The molecule has 1 aliphatic rings. The lowest BCUT2D eigenvalue weighted by Gasteiger charge is -2.23. The molecule has 1 unspecified atom stereocenters. The molecule has 1 aliphatic heterocycles. The number of ether oxygens (including phenoxy) is 1. The zero-order valence-corrected chi connectivity index (χ0v) is 18.7. The van der Waals surface area contributed by atoms with Crippen molar-refractivity contribution in [2.75, 3.05) is 39.8 Å². The largest absolute Gasteiger partial charge is 0.435 e. The Morgan fingerprint density at radius 1 is 1.33 bits per heavy atom. The van der Waals surface area contributed by atoms with Crippen LogP contribution >= 0.6 is 24.0 Å². The molecule has 154 valence electrons. The van der Waals surface area contributed by atoms with Crippen LogP contribution < -0.4 is 10.1 Å². The van der Waals surface area contributed by atoms with E-state index in [2.05, 4.69) is 26.8 Å². The van der Waals surface area contributed by atoms with Crippen LogP contribution in [0.15, 0.2) is 29.3 Å². The van der Waals surface area contributed by atoms with Gasteiger partial charge in [-0.2, -0.15) is 8.78 Å². The van der Waals surface area contributed by atoms with Crippen molar-refractivity contribution in [3.63, 3.8) is 0 Å². The van der Waals surface area contributed by atoms with Crippen LogP contribution in [0.25, 0.3) is 0 Å². The number of halogens is 3. The molecule has 0 bridgehead atoms. The molecule has 2 rings (SSSR count). The molecule has 27 heavy (non-hydrogen) atoms. The third-order valence-corrected chi connectivity index (χ3v) is 4.58. The third-order valence-electron chi connectivity index (χ3n) is 4.58. The molecule has 1 aromatic rings. The lowest BCUT2D eigenvalue weighted by molar-refractivity contribution is -0.0498. The molecule has 1 saturated heterocycles. The molecule has 0 saturated carbocycles. The van der Waals surface area contributed by atoms with Gasteiger partial charge in [-0.25, -0.2) is 0 Å². The molecule has 0 amide bonds. The highest BCUT2D eigenvalue weighted by atomic mass is 127. The van der Waals surface area contributed by atoms with Crippen LogP contribution in [0.5, 0.6) is 5.75 Å². The molecule has 1 aromatic carbocycles. The maximum absolute atomic E-state index is 12.2. The Hall–Kier alpha value is -1.16. The van der Waals surface area contributed by atoms with Gasteiger partial charge < -0.3 is 19.9 Å². The number of hydrogen-bond donors (Lipinski definition) is 1. The molecule has 8 heteroatoms. The molecular weight excluding hydrogens is 465 g/mol. The fourth-order valence-corrected chi connectivity index (χ4v) is 3.16. The Morgan fingerprint density at radius 2 is 2.04 bits per heavy atom. The fraction of sp³-hybridized carbons (Fsp3) is 0.632. The summed E-state index contributed by atoms with van der Waals surface area (Å²) in [6.45, 7) is 7.11. The first kappa shape index (κ1) is 23.9. The van der Waals surface area contributed by atoms with Crippen LogP contribution in [0, 0.1) is 5.92 Å². The maximum atomic E-state index is 12.2. The monoisotopic (exact) mass is 496 g/mol. The number of alkyl halides is 2. The molecule has 1 N–H and O–H groups in total. The van der Waals surface area contributed by atoms with Crippen molar-refractivity contribution in [3.8, 4) is 5.75 Å². The van der Waals surface area contributed by atoms with Crippen LogP contribution in [0.4, 0.5) is 8.78 Å². The van der Waals surface area contributed by atoms with E-state index < -0.39 is 6.61 Å². The lowest BCUT2D eigenvalue weighted by atomic mass is 10.1. The minimum Gasteiger partial charge on any atom is -0.435 e. The van der Waals surface area contributed by atoms with Crippen LogP contribution in [-0.4, -0.2) is 62.1 Å². The van der Waals surface area contributed by atoms with Gasteiger partial charge in [-0.3, -0.25) is 4.99 Å². The van der Waals surface area contributed by atoms with E-state index in [1.165, 1.54) is 6.42 Å². The summed E-state index contributed by atoms with van der Waals surface area (Å²) in [7, 11) is 1.98. The molecular formula is C19H31F2IN4O. The topological polar surface area (TPSA) is 40.1 Å². The van der Waals surface area contributed by atoms with Crippen molar-refractivity contribution >= 4 is 29.9 Å². The van der Waals surface area contributed by atoms with Crippen molar-refractivity contribution in [3.05, 3.63) is 29.8 Å². The van der Waals surface area contributed by atoms with Crippen molar-refractivity contribution < 1.29 is 13.5 Å². The third kappa shape index (κ3) is 8.16. The second-order valence-corrected chi connectivity index (χ2v) is 6.62. The highest BCUT2D eigenvalue weighted by Gasteiger charge is 2.21. The highest BCUT2D eigenvalue weighted by molar-refractivity contribution is 14.0. The summed E-state index contributed by atoms with van der Waals surface area (Å²) in [6, 6.07) is 6.73. The van der Waals surface area contributed by atoms with Gasteiger partial charge in [0.25, 0.3) is 0 Å². The molecule has 1 heterocycles. The number of hydrogen-bond acceptors (Lipinski definition) is 3. The second kappa shape index (κ2) is 12.3. The summed E-state index contributed by atoms with van der Waals surface area (Å²) < 4.78 is 28.8. The van der Waals surface area contributed by atoms with Gasteiger partial charge in [0, 0.05) is 33.2 Å². The Kier molecular flexibility index (Phi) is 10.9.